The molecule has 15 nitrogen and oxygen atoms in total. The first-order valence-corrected chi connectivity index (χ1v) is 19.2. The minimum Gasteiger partial charge on any atom is -0.462 e. The minimum absolute atomic E-state index is 0.0253. The summed E-state index contributed by atoms with van der Waals surface area (Å²) in [5, 5.41) is 12.9. The molecule has 2 amide bonds. The first-order chi connectivity index (χ1) is 27.4. The number of fused-ring (bicyclic) bond motifs is 1. The predicted octanol–water partition coefficient (Wildman–Crippen LogP) is 3.46. The molecule has 15 heteroatoms. The summed E-state index contributed by atoms with van der Waals surface area (Å²) in [6.45, 7) is 8.42. The monoisotopic (exact) mass is 804 g/mol. The molecule has 2 aliphatic heterocycles. The Bertz CT molecular complexity index is 1880. The molecule has 2 heterocycles. The number of ether oxygens (including phenoxy) is 6. The van der Waals surface area contributed by atoms with E-state index in [9.17, 15) is 33.9 Å². The van der Waals surface area contributed by atoms with Gasteiger partial charge < -0.3 is 43.7 Å². The zero-order valence-corrected chi connectivity index (χ0v) is 33.6. The van der Waals surface area contributed by atoms with E-state index in [-0.39, 0.29) is 50.2 Å². The summed E-state index contributed by atoms with van der Waals surface area (Å²) in [4.78, 5) is 79.5. The Hall–Kier alpha value is -5.38. The highest BCUT2D eigenvalue weighted by Crippen LogP contribution is 2.33. The van der Waals surface area contributed by atoms with E-state index in [0.717, 1.165) is 5.56 Å². The van der Waals surface area contributed by atoms with Gasteiger partial charge in [-0.3, -0.25) is 14.4 Å². The molecule has 6 atom stereocenters. The number of esters is 4. The second kappa shape index (κ2) is 18.9. The van der Waals surface area contributed by atoms with Crippen molar-refractivity contribution in [2.24, 2.45) is 5.41 Å². The highest BCUT2D eigenvalue weighted by atomic mass is 16.7. The number of likely N-dealkylation sites (N-methyl/N-ethyl adjacent to an activating group) is 1. The Balaban J connectivity index is 1.24. The molecular weight excluding hydrogens is 752 g/mol. The predicted molar refractivity (Wildman–Crippen MR) is 207 cm³/mol. The third-order valence-electron chi connectivity index (χ3n) is 9.88. The normalized spacial score (nSPS) is 22.2. The van der Waals surface area contributed by atoms with E-state index in [1.165, 1.54) is 36.2 Å². The molecule has 3 aliphatic rings. The van der Waals surface area contributed by atoms with E-state index in [0.29, 0.717) is 5.56 Å². The van der Waals surface area contributed by atoms with E-state index in [1.54, 1.807) is 52.8 Å². The van der Waals surface area contributed by atoms with Gasteiger partial charge in [0.25, 0.3) is 0 Å². The fourth-order valence-electron chi connectivity index (χ4n) is 6.71. The van der Waals surface area contributed by atoms with Crippen molar-refractivity contribution in [1.82, 2.24) is 10.2 Å². The van der Waals surface area contributed by atoms with Crippen molar-refractivity contribution >= 4 is 41.8 Å². The summed E-state index contributed by atoms with van der Waals surface area (Å²) in [5.41, 5.74) is 0.494. The number of rotatable bonds is 15. The maximum Gasteiger partial charge on any atom is 0.348 e. The molecule has 5 rings (SSSR count). The number of amides is 2. The third kappa shape index (κ3) is 11.6. The molecule has 2 saturated heterocycles. The van der Waals surface area contributed by atoms with Crippen LogP contribution in [0, 0.1) is 5.41 Å². The van der Waals surface area contributed by atoms with Crippen LogP contribution >= 0.6 is 0 Å². The lowest BCUT2D eigenvalue weighted by molar-refractivity contribution is -0.159. The van der Waals surface area contributed by atoms with Crippen LogP contribution in [0.3, 0.4) is 0 Å². The van der Waals surface area contributed by atoms with Crippen LogP contribution in [0.4, 0.5) is 0 Å². The van der Waals surface area contributed by atoms with Gasteiger partial charge in [-0.1, -0.05) is 56.3 Å². The number of cyclic esters (lactones) is 1. The molecular formula is C43H52N2O13. The van der Waals surface area contributed by atoms with Gasteiger partial charge in [-0.2, -0.15) is 0 Å². The fraction of sp³-hybridized carbons (Fsp3) is 0.488. The first-order valence-electron chi connectivity index (χ1n) is 19.2. The average molecular weight is 805 g/mol. The summed E-state index contributed by atoms with van der Waals surface area (Å²) in [6.07, 6.45) is 1.21. The number of aliphatic hydroxyl groups is 1. The van der Waals surface area contributed by atoms with Gasteiger partial charge in [0, 0.05) is 43.4 Å². The van der Waals surface area contributed by atoms with Crippen molar-refractivity contribution < 1.29 is 62.3 Å². The molecule has 2 fully saturated rings. The molecule has 0 saturated carbocycles. The van der Waals surface area contributed by atoms with E-state index in [1.807, 2.05) is 30.3 Å². The van der Waals surface area contributed by atoms with Gasteiger partial charge >= 0.3 is 23.9 Å². The molecule has 2 aromatic rings. The number of nitrogens with zero attached hydrogens (tertiary/aromatic N) is 1. The van der Waals surface area contributed by atoms with Gasteiger partial charge in [0.1, 0.15) is 43.4 Å². The maximum absolute atomic E-state index is 14.2. The van der Waals surface area contributed by atoms with E-state index >= 15 is 0 Å². The molecule has 2 N–H and O–H groups in total. The number of hydrogen-bond acceptors (Lipinski definition) is 13. The maximum atomic E-state index is 14.2. The zero-order chi connectivity index (χ0) is 42.2. The summed E-state index contributed by atoms with van der Waals surface area (Å²) < 4.78 is 33.1. The number of aliphatic hydroxyl groups excluding tert-OH is 1. The summed E-state index contributed by atoms with van der Waals surface area (Å²) >= 11 is 0. The van der Waals surface area contributed by atoms with Crippen LogP contribution < -0.4 is 5.32 Å². The van der Waals surface area contributed by atoms with Crippen LogP contribution in [0.15, 0.2) is 72.3 Å². The van der Waals surface area contributed by atoms with Crippen molar-refractivity contribution in [2.75, 3.05) is 27.1 Å². The lowest BCUT2D eigenvalue weighted by atomic mass is 9.90. The summed E-state index contributed by atoms with van der Waals surface area (Å²) in [6, 6.07) is 13.6. The Labute approximate surface area is 337 Å². The molecule has 1 aliphatic carbocycles. The lowest BCUT2D eigenvalue weighted by Gasteiger charge is -2.34. The third-order valence-corrected chi connectivity index (χ3v) is 9.88. The van der Waals surface area contributed by atoms with Crippen molar-refractivity contribution in [3.8, 4) is 0 Å². The van der Waals surface area contributed by atoms with Crippen LogP contribution in [-0.2, 0) is 58.8 Å². The van der Waals surface area contributed by atoms with Crippen LogP contribution in [0.25, 0.3) is 6.08 Å². The second-order valence-electron chi connectivity index (χ2n) is 16.2. The first kappa shape index (κ1) is 43.7. The van der Waals surface area contributed by atoms with Crippen LogP contribution in [0.2, 0.25) is 0 Å². The van der Waals surface area contributed by atoms with Gasteiger partial charge in [0.15, 0.2) is 0 Å². The smallest absolute Gasteiger partial charge is 0.348 e. The largest absolute Gasteiger partial charge is 0.462 e. The number of nitrogens with one attached hydrogen (secondary N) is 1. The standard InChI is InChI=1S/C43H52N2O13/c1-42(2,3)58-35(48)19-17-30(23-46)44-38(49)31(20-27-10-8-7-9-11-27)45(6)39(50)29-21-32-36(55-25-54-32)33(22-29)56-40(51)28-15-12-26(13-16-28)14-18-34(47)57-37-41(52)53-24-43(37,4)5/h7-16,18,21,30-33,36-37,46H,17,19-20,22-25H2,1-6H3,(H,44,49)/t30-,31+,32+,33+,36+,37-/m0/s1. The molecule has 0 radical (unpaired) electrons. The molecule has 2 aromatic carbocycles. The van der Waals surface area contributed by atoms with Gasteiger partial charge in [-0.15, -0.1) is 0 Å². The number of carbonyl (C=O) groups is 6. The summed E-state index contributed by atoms with van der Waals surface area (Å²) in [7, 11) is 1.50. The van der Waals surface area contributed by atoms with Gasteiger partial charge in [0.2, 0.25) is 17.9 Å². The van der Waals surface area contributed by atoms with Gasteiger partial charge in [-0.25, -0.2) is 14.4 Å². The molecule has 0 bridgehead atoms. The molecule has 0 aromatic heterocycles. The fourth-order valence-corrected chi connectivity index (χ4v) is 6.71. The van der Waals surface area contributed by atoms with Crippen molar-refractivity contribution in [3.63, 3.8) is 0 Å². The van der Waals surface area contributed by atoms with Crippen LogP contribution in [-0.4, -0.2) is 115 Å². The number of benzene rings is 2. The highest BCUT2D eigenvalue weighted by Gasteiger charge is 2.47. The number of carbonyl (C=O) groups excluding carboxylic acids is 6. The van der Waals surface area contributed by atoms with Crippen molar-refractivity contribution in [1.29, 1.82) is 0 Å². The van der Waals surface area contributed by atoms with E-state index in [2.05, 4.69) is 5.32 Å². The molecule has 0 unspecified atom stereocenters. The van der Waals surface area contributed by atoms with Crippen LogP contribution in [0.1, 0.15) is 75.4 Å². The van der Waals surface area contributed by atoms with Crippen LogP contribution in [0.5, 0.6) is 0 Å². The average Bonchev–Trinajstić information content (AvgIpc) is 3.77. The Morgan fingerprint density at radius 3 is 2.36 bits per heavy atom. The zero-order valence-electron chi connectivity index (χ0n) is 33.6. The molecule has 0 spiro atoms. The highest BCUT2D eigenvalue weighted by molar-refractivity contribution is 5.97. The SMILES string of the molecule is CN(C(=O)C1=C[C@H]2OCO[C@H]2[C@H](OC(=O)c2ccc(C=CC(=O)O[C@H]3C(=O)OCC3(C)C)cc2)C1)[C@H](Cc1ccccc1)C(=O)N[C@H](CO)CCC(=O)OC(C)(C)C. The van der Waals surface area contributed by atoms with Gasteiger partial charge in [-0.05, 0) is 62.6 Å². The van der Waals surface area contributed by atoms with E-state index in [4.69, 9.17) is 28.4 Å². The van der Waals surface area contributed by atoms with E-state index < -0.39 is 89.8 Å². The van der Waals surface area contributed by atoms with Crippen molar-refractivity contribution in [3.05, 3.63) is 89.0 Å². The quantitative estimate of drug-likeness (QED) is 0.151. The number of hydrogen-bond donors (Lipinski definition) is 2. The van der Waals surface area contributed by atoms with Gasteiger partial charge in [0.05, 0.1) is 18.2 Å². The second-order valence-corrected chi connectivity index (χ2v) is 16.2. The minimum atomic E-state index is -1.02. The van der Waals surface area contributed by atoms with Crippen molar-refractivity contribution in [2.45, 2.75) is 102 Å². The Morgan fingerprint density at radius 1 is 1.02 bits per heavy atom. The molecule has 58 heavy (non-hydrogen) atoms. The molecule has 312 valence electrons. The lowest BCUT2D eigenvalue weighted by Crippen LogP contribution is -2.53. The summed E-state index contributed by atoms with van der Waals surface area (Å²) in [5.74, 6) is -3.48. The Morgan fingerprint density at radius 2 is 1.72 bits per heavy atom. The Kier molecular flexibility index (Phi) is 14.3. The topological polar surface area (TPSA) is 193 Å².